The molecule has 0 radical (unpaired) electrons. The van der Waals surface area contributed by atoms with Crippen molar-refractivity contribution >= 4 is 7.82 Å². The van der Waals surface area contributed by atoms with Crippen LogP contribution < -0.4 is 5.73 Å². The molecular formula is C19H33FNO4P. The number of nitrogens with two attached hydrogens (primary N) is 1. The summed E-state index contributed by atoms with van der Waals surface area (Å²) in [6.45, 7) is 0.807. The minimum atomic E-state index is -4.64. The standard InChI is InChI=1S/C19H33FNO4P/c1-2-3-4-5-6-7-8-17-9-11-18(12-10-17)13-14-19(21,15-20)16-25-26(22,23)24/h9-12H,2-8,13-16,21H2,1H3,(H2,22,23,24)/t19-/m0/s1. The Balaban J connectivity index is 2.37. The lowest BCUT2D eigenvalue weighted by Crippen LogP contribution is -2.47. The number of hydrogen-bond donors (Lipinski definition) is 3. The first-order chi connectivity index (χ1) is 12.3. The number of phosphoric acid groups is 1. The van der Waals surface area contributed by atoms with Gasteiger partial charge in [0.15, 0.2) is 0 Å². The largest absolute Gasteiger partial charge is 0.469 e. The van der Waals surface area contributed by atoms with Gasteiger partial charge in [0.1, 0.15) is 6.67 Å². The Bertz CT molecular complexity index is 549. The lowest BCUT2D eigenvalue weighted by molar-refractivity contribution is 0.130. The van der Waals surface area contributed by atoms with Crippen LogP contribution in [0.5, 0.6) is 0 Å². The zero-order valence-corrected chi connectivity index (χ0v) is 16.6. The normalized spacial score (nSPS) is 14.3. The molecule has 0 heterocycles. The van der Waals surface area contributed by atoms with Crippen molar-refractivity contribution in [3.8, 4) is 0 Å². The second-order valence-corrected chi connectivity index (χ2v) is 8.33. The highest BCUT2D eigenvalue weighted by molar-refractivity contribution is 7.46. The highest BCUT2D eigenvalue weighted by Gasteiger charge is 2.29. The maximum absolute atomic E-state index is 13.2. The van der Waals surface area contributed by atoms with E-state index in [-0.39, 0.29) is 6.42 Å². The molecule has 0 amide bonds. The molecule has 0 aromatic heterocycles. The van der Waals surface area contributed by atoms with E-state index < -0.39 is 26.6 Å². The molecule has 0 aliphatic heterocycles. The zero-order valence-electron chi connectivity index (χ0n) is 15.7. The molecule has 0 aliphatic rings. The maximum Gasteiger partial charge on any atom is 0.469 e. The first-order valence-corrected chi connectivity index (χ1v) is 10.9. The number of phosphoric ester groups is 1. The van der Waals surface area contributed by atoms with Crippen LogP contribution in [0.1, 0.15) is 63.0 Å². The summed E-state index contributed by atoms with van der Waals surface area (Å²) >= 11 is 0. The van der Waals surface area contributed by atoms with Crippen LogP contribution in [0.4, 0.5) is 4.39 Å². The third-order valence-electron chi connectivity index (χ3n) is 4.54. The predicted molar refractivity (Wildman–Crippen MR) is 103 cm³/mol. The summed E-state index contributed by atoms with van der Waals surface area (Å²) in [6, 6.07) is 8.19. The van der Waals surface area contributed by atoms with Gasteiger partial charge in [0, 0.05) is 0 Å². The summed E-state index contributed by atoms with van der Waals surface area (Å²) < 4.78 is 28.3. The SMILES string of the molecule is CCCCCCCCc1ccc(CC[C@](N)(CF)COP(=O)(O)O)cc1. The average molecular weight is 389 g/mol. The Labute approximate surface area is 156 Å². The lowest BCUT2D eigenvalue weighted by atomic mass is 9.94. The molecule has 7 heteroatoms. The van der Waals surface area contributed by atoms with Crippen LogP contribution in [0.25, 0.3) is 0 Å². The molecule has 0 aliphatic carbocycles. The van der Waals surface area contributed by atoms with Gasteiger partial charge in [-0.2, -0.15) is 0 Å². The quantitative estimate of drug-likeness (QED) is 0.326. The van der Waals surface area contributed by atoms with E-state index in [1.54, 1.807) is 0 Å². The Kier molecular flexibility index (Phi) is 10.6. The number of halogens is 1. The molecule has 150 valence electrons. The Morgan fingerprint density at radius 3 is 2.12 bits per heavy atom. The first-order valence-electron chi connectivity index (χ1n) is 9.41. The topological polar surface area (TPSA) is 92.8 Å². The molecule has 5 nitrogen and oxygen atoms in total. The van der Waals surface area contributed by atoms with Crippen LogP contribution in [-0.2, 0) is 21.9 Å². The second kappa shape index (κ2) is 11.8. The van der Waals surface area contributed by atoms with Crippen molar-refractivity contribution in [2.45, 2.75) is 70.3 Å². The van der Waals surface area contributed by atoms with Crippen molar-refractivity contribution in [2.24, 2.45) is 5.73 Å². The third-order valence-corrected chi connectivity index (χ3v) is 5.01. The highest BCUT2D eigenvalue weighted by atomic mass is 31.2. The molecule has 0 saturated carbocycles. The van der Waals surface area contributed by atoms with Crippen LogP contribution in [-0.4, -0.2) is 28.6 Å². The van der Waals surface area contributed by atoms with Gasteiger partial charge in [0.05, 0.1) is 12.1 Å². The summed E-state index contributed by atoms with van der Waals surface area (Å²) in [4.78, 5) is 17.5. The average Bonchev–Trinajstić information content (AvgIpc) is 2.61. The minimum absolute atomic E-state index is 0.250. The number of unbranched alkanes of at least 4 members (excludes halogenated alkanes) is 5. The molecule has 1 aromatic carbocycles. The summed E-state index contributed by atoms with van der Waals surface area (Å²) in [5, 5.41) is 0. The number of benzene rings is 1. The molecule has 0 spiro atoms. The van der Waals surface area contributed by atoms with Crippen molar-refractivity contribution < 1.29 is 23.3 Å². The Hall–Kier alpha value is -0.780. The molecule has 0 fully saturated rings. The second-order valence-electron chi connectivity index (χ2n) is 7.09. The lowest BCUT2D eigenvalue weighted by Gasteiger charge is -2.26. The fourth-order valence-electron chi connectivity index (χ4n) is 2.77. The molecule has 0 saturated heterocycles. The smallest absolute Gasteiger partial charge is 0.321 e. The molecule has 0 bridgehead atoms. The van der Waals surface area contributed by atoms with Gasteiger partial charge in [-0.05, 0) is 36.8 Å². The van der Waals surface area contributed by atoms with Crippen LogP contribution in [0.15, 0.2) is 24.3 Å². The van der Waals surface area contributed by atoms with Gasteiger partial charge in [-0.3, -0.25) is 4.52 Å². The molecule has 4 N–H and O–H groups in total. The summed E-state index contributed by atoms with van der Waals surface area (Å²) in [5.41, 5.74) is 6.78. The van der Waals surface area contributed by atoms with E-state index in [4.69, 9.17) is 15.5 Å². The zero-order chi connectivity index (χ0) is 19.5. The van der Waals surface area contributed by atoms with E-state index in [9.17, 15) is 8.96 Å². The highest BCUT2D eigenvalue weighted by Crippen LogP contribution is 2.37. The molecule has 1 aromatic rings. The van der Waals surface area contributed by atoms with E-state index in [1.807, 2.05) is 12.1 Å². The van der Waals surface area contributed by atoms with Gasteiger partial charge in [0.2, 0.25) is 0 Å². The van der Waals surface area contributed by atoms with Crippen LogP contribution in [0.3, 0.4) is 0 Å². The Morgan fingerprint density at radius 2 is 1.58 bits per heavy atom. The van der Waals surface area contributed by atoms with Crippen LogP contribution in [0.2, 0.25) is 0 Å². The van der Waals surface area contributed by atoms with Crippen molar-refractivity contribution in [3.63, 3.8) is 0 Å². The van der Waals surface area contributed by atoms with Gasteiger partial charge < -0.3 is 15.5 Å². The molecular weight excluding hydrogens is 356 g/mol. The van der Waals surface area contributed by atoms with E-state index in [1.165, 1.54) is 44.1 Å². The maximum atomic E-state index is 13.2. The molecule has 0 unspecified atom stereocenters. The summed E-state index contributed by atoms with van der Waals surface area (Å²) in [7, 11) is -4.64. The molecule has 26 heavy (non-hydrogen) atoms. The van der Waals surface area contributed by atoms with Gasteiger partial charge in [-0.15, -0.1) is 0 Å². The fraction of sp³-hybridized carbons (Fsp3) is 0.684. The van der Waals surface area contributed by atoms with E-state index >= 15 is 0 Å². The van der Waals surface area contributed by atoms with Crippen molar-refractivity contribution in [1.82, 2.24) is 0 Å². The predicted octanol–water partition coefficient (Wildman–Crippen LogP) is 4.30. The Morgan fingerprint density at radius 1 is 1.04 bits per heavy atom. The molecule has 1 rings (SSSR count). The number of aryl methyl sites for hydroxylation is 2. The first kappa shape index (κ1) is 23.3. The molecule has 1 atom stereocenters. The van der Waals surface area contributed by atoms with Crippen LogP contribution in [0, 0.1) is 0 Å². The van der Waals surface area contributed by atoms with Crippen molar-refractivity contribution in [2.75, 3.05) is 13.3 Å². The number of hydrogen-bond acceptors (Lipinski definition) is 3. The third kappa shape index (κ3) is 10.4. The van der Waals surface area contributed by atoms with Crippen molar-refractivity contribution in [1.29, 1.82) is 0 Å². The van der Waals surface area contributed by atoms with E-state index in [2.05, 4.69) is 23.6 Å². The summed E-state index contributed by atoms with van der Waals surface area (Å²) in [5.74, 6) is 0. The number of alkyl halides is 1. The van der Waals surface area contributed by atoms with Gasteiger partial charge in [-0.1, -0.05) is 63.3 Å². The monoisotopic (exact) mass is 389 g/mol. The van der Waals surface area contributed by atoms with Gasteiger partial charge >= 0.3 is 7.82 Å². The van der Waals surface area contributed by atoms with Crippen LogP contribution >= 0.6 is 7.82 Å². The van der Waals surface area contributed by atoms with E-state index in [0.29, 0.717) is 6.42 Å². The van der Waals surface area contributed by atoms with Gasteiger partial charge in [-0.25, -0.2) is 8.96 Å². The summed E-state index contributed by atoms with van der Waals surface area (Å²) in [6.07, 6.45) is 9.48. The fourth-order valence-corrected chi connectivity index (χ4v) is 3.19. The minimum Gasteiger partial charge on any atom is -0.321 e. The van der Waals surface area contributed by atoms with Gasteiger partial charge in [0.25, 0.3) is 0 Å². The van der Waals surface area contributed by atoms with Crippen molar-refractivity contribution in [3.05, 3.63) is 35.4 Å². The van der Waals surface area contributed by atoms with E-state index in [0.717, 1.165) is 12.0 Å². The number of rotatable bonds is 14.